The maximum Gasteiger partial charge on any atom is 0.296 e. The van der Waals surface area contributed by atoms with Crippen molar-refractivity contribution in [3.05, 3.63) is 51.5 Å². The average Bonchev–Trinajstić information content (AvgIpc) is 2.86. The number of ether oxygens (including phenoxy) is 2. The highest BCUT2D eigenvalue weighted by Gasteiger charge is 2.43. The Morgan fingerprint density at radius 3 is 2.72 bits per heavy atom. The van der Waals surface area contributed by atoms with E-state index < -0.39 is 45.1 Å². The summed E-state index contributed by atoms with van der Waals surface area (Å²) in [5, 5.41) is 13.2. The van der Waals surface area contributed by atoms with Crippen LogP contribution in [0.15, 0.2) is 23.0 Å². The van der Waals surface area contributed by atoms with E-state index >= 15 is 0 Å². The predicted octanol–water partition coefficient (Wildman–Crippen LogP) is 2.32. The number of benzene rings is 1. The Bertz CT molecular complexity index is 1230. The van der Waals surface area contributed by atoms with Gasteiger partial charge in [0.2, 0.25) is 5.75 Å². The number of aromatic hydroxyl groups is 1. The molecule has 1 aromatic carbocycles. The average molecular weight is 525 g/mol. The monoisotopic (exact) mass is 524 g/mol. The van der Waals surface area contributed by atoms with E-state index in [1.807, 2.05) is 0 Å². The molecule has 2 aromatic rings. The number of hydrogen-bond donors (Lipinski definition) is 4. The van der Waals surface area contributed by atoms with E-state index in [0.717, 1.165) is 0 Å². The third-order valence-corrected chi connectivity index (χ3v) is 8.82. The molecule has 3 aliphatic rings. The molecule has 0 aliphatic carbocycles. The zero-order valence-electron chi connectivity index (χ0n) is 19.6. The molecule has 4 N–H and O–H groups in total. The van der Waals surface area contributed by atoms with Crippen LogP contribution in [-0.2, 0) is 28.2 Å². The minimum atomic E-state index is -3.11. The minimum Gasteiger partial charge on any atom is -0.501 e. The van der Waals surface area contributed by atoms with Gasteiger partial charge in [0.1, 0.15) is 17.2 Å². The molecule has 4 heterocycles. The van der Waals surface area contributed by atoms with Crippen LogP contribution in [0.5, 0.6) is 5.75 Å². The molecule has 2 saturated heterocycles. The highest BCUT2D eigenvalue weighted by Crippen LogP contribution is 2.50. The number of amides is 1. The van der Waals surface area contributed by atoms with Crippen LogP contribution in [0.3, 0.4) is 0 Å². The van der Waals surface area contributed by atoms with Crippen molar-refractivity contribution in [2.24, 2.45) is 0 Å². The fourth-order valence-electron chi connectivity index (χ4n) is 4.99. The molecule has 196 valence electrons. The summed E-state index contributed by atoms with van der Waals surface area (Å²) in [6.45, 7) is 1.55. The summed E-state index contributed by atoms with van der Waals surface area (Å²) in [6, 6.07) is 3.87. The van der Waals surface area contributed by atoms with Crippen molar-refractivity contribution < 1.29 is 32.9 Å². The summed E-state index contributed by atoms with van der Waals surface area (Å²) in [6.07, 6.45) is 2.29. The lowest BCUT2D eigenvalue weighted by atomic mass is 9.91. The Morgan fingerprint density at radius 1 is 1.19 bits per heavy atom. The third-order valence-electron chi connectivity index (χ3n) is 6.90. The standard InChI is InChI=1S/C23H29FN4O7S/c24-16-4-3-15(17(13-16)28-7-1-2-12-36(28,32)33)14-25-20(30)18-19(29)21(31)27-8-11-35-23(22(27)26-18)5-9-34-10-6-23/h3-4,13,29,32-33H,1-2,5-12,14H2,(H,25,30). The number of halogens is 1. The molecule has 36 heavy (non-hydrogen) atoms. The number of carbonyl (C=O) groups excluding carboxylic acids is 1. The molecule has 0 radical (unpaired) electrons. The number of carbonyl (C=O) groups is 1. The zero-order chi connectivity index (χ0) is 25.5. The van der Waals surface area contributed by atoms with Crippen molar-refractivity contribution in [3.63, 3.8) is 0 Å². The molecule has 0 bridgehead atoms. The van der Waals surface area contributed by atoms with E-state index in [2.05, 4.69) is 10.3 Å². The van der Waals surface area contributed by atoms with Gasteiger partial charge in [0.15, 0.2) is 5.69 Å². The van der Waals surface area contributed by atoms with Crippen LogP contribution in [0.4, 0.5) is 10.1 Å². The number of aromatic nitrogens is 2. The van der Waals surface area contributed by atoms with Gasteiger partial charge in [0.25, 0.3) is 11.5 Å². The molecule has 13 heteroatoms. The quantitative estimate of drug-likeness (QED) is 0.473. The number of fused-ring (bicyclic) bond motifs is 2. The molecule has 1 spiro atoms. The van der Waals surface area contributed by atoms with Gasteiger partial charge in [-0.05, 0) is 30.5 Å². The van der Waals surface area contributed by atoms with Crippen molar-refractivity contribution >= 4 is 22.4 Å². The minimum absolute atomic E-state index is 0.116. The molecule has 2 fully saturated rings. The molecule has 1 amide bonds. The smallest absolute Gasteiger partial charge is 0.296 e. The number of hydrogen-bond acceptors (Lipinski definition) is 9. The van der Waals surface area contributed by atoms with E-state index in [1.165, 1.54) is 27.1 Å². The summed E-state index contributed by atoms with van der Waals surface area (Å²) in [4.78, 5) is 30.4. The van der Waals surface area contributed by atoms with Crippen molar-refractivity contribution in [1.29, 1.82) is 0 Å². The summed E-state index contributed by atoms with van der Waals surface area (Å²) in [5.41, 5.74) is -1.29. The maximum atomic E-state index is 14.1. The summed E-state index contributed by atoms with van der Waals surface area (Å²) >= 11 is 0. The summed E-state index contributed by atoms with van der Waals surface area (Å²) < 4.78 is 49.3. The molecule has 5 rings (SSSR count). The highest BCUT2D eigenvalue weighted by molar-refractivity contribution is 8.25. The normalized spacial score (nSPS) is 21.6. The van der Waals surface area contributed by atoms with Gasteiger partial charge in [-0.2, -0.15) is 0 Å². The van der Waals surface area contributed by atoms with Gasteiger partial charge < -0.3 is 19.9 Å². The van der Waals surface area contributed by atoms with Crippen LogP contribution in [-0.4, -0.2) is 61.8 Å². The van der Waals surface area contributed by atoms with Crippen molar-refractivity contribution in [2.45, 2.75) is 44.4 Å². The van der Waals surface area contributed by atoms with E-state index in [1.54, 1.807) is 0 Å². The fourth-order valence-corrected chi connectivity index (χ4v) is 6.71. The van der Waals surface area contributed by atoms with Crippen LogP contribution < -0.4 is 15.2 Å². The Kier molecular flexibility index (Phi) is 6.68. The molecule has 0 saturated carbocycles. The molecular weight excluding hydrogens is 495 g/mol. The van der Waals surface area contributed by atoms with Gasteiger partial charge in [-0.25, -0.2) is 9.37 Å². The summed E-state index contributed by atoms with van der Waals surface area (Å²) in [7, 11) is -3.11. The highest BCUT2D eigenvalue weighted by atomic mass is 32.3. The predicted molar refractivity (Wildman–Crippen MR) is 130 cm³/mol. The number of nitrogens with one attached hydrogen (secondary N) is 1. The second kappa shape index (κ2) is 9.63. The van der Waals surface area contributed by atoms with E-state index in [-0.39, 0.29) is 37.0 Å². The Balaban J connectivity index is 1.43. The Morgan fingerprint density at radius 2 is 1.97 bits per heavy atom. The third kappa shape index (κ3) is 4.45. The molecule has 3 aliphatic heterocycles. The number of nitrogens with zero attached hydrogens (tertiary/aromatic N) is 3. The first-order valence-corrected chi connectivity index (χ1v) is 13.6. The molecule has 0 atom stereocenters. The lowest BCUT2D eigenvalue weighted by Gasteiger charge is -2.48. The molecule has 1 aromatic heterocycles. The molecular formula is C23H29FN4O7S. The largest absolute Gasteiger partial charge is 0.501 e. The van der Waals surface area contributed by atoms with Crippen LogP contribution in [0.2, 0.25) is 0 Å². The van der Waals surface area contributed by atoms with E-state index in [9.17, 15) is 28.2 Å². The van der Waals surface area contributed by atoms with Crippen LogP contribution in [0.25, 0.3) is 0 Å². The van der Waals surface area contributed by atoms with E-state index in [4.69, 9.17) is 9.47 Å². The Hall–Kier alpha value is -2.71. The van der Waals surface area contributed by atoms with Crippen LogP contribution in [0, 0.1) is 5.82 Å². The first kappa shape index (κ1) is 25.0. The summed E-state index contributed by atoms with van der Waals surface area (Å²) in [5.74, 6) is -1.63. The lowest BCUT2D eigenvalue weighted by molar-refractivity contribution is -0.139. The maximum absolute atomic E-state index is 14.1. The SMILES string of the molecule is O=C(NCc1ccc(F)cc1N1CCCCS1(O)O)c1nc2n(c(=O)c1O)CCOC21CCOCC1. The van der Waals surface area contributed by atoms with Crippen LogP contribution >= 0.6 is 10.8 Å². The number of anilines is 1. The van der Waals surface area contributed by atoms with E-state index in [0.29, 0.717) is 51.0 Å². The zero-order valence-corrected chi connectivity index (χ0v) is 20.4. The second-order valence-electron chi connectivity index (χ2n) is 9.15. The van der Waals surface area contributed by atoms with Gasteiger partial charge in [-0.3, -0.25) is 27.6 Å². The second-order valence-corrected chi connectivity index (χ2v) is 11.3. The topological polar surface area (TPSA) is 146 Å². The van der Waals surface area contributed by atoms with Crippen molar-refractivity contribution in [3.8, 4) is 5.75 Å². The van der Waals surface area contributed by atoms with Gasteiger partial charge in [0, 0.05) is 39.1 Å². The van der Waals surface area contributed by atoms with Gasteiger partial charge in [0.05, 0.1) is 24.6 Å². The first-order chi connectivity index (χ1) is 17.2. The molecule has 0 unspecified atom stereocenters. The van der Waals surface area contributed by atoms with Crippen molar-refractivity contribution in [1.82, 2.24) is 14.9 Å². The Labute approximate surface area is 208 Å². The van der Waals surface area contributed by atoms with Crippen molar-refractivity contribution in [2.75, 3.05) is 36.4 Å². The van der Waals surface area contributed by atoms with Gasteiger partial charge >= 0.3 is 0 Å². The fraction of sp³-hybridized carbons (Fsp3) is 0.522. The number of rotatable bonds is 4. The van der Waals surface area contributed by atoms with Gasteiger partial charge in [-0.15, -0.1) is 10.8 Å². The van der Waals surface area contributed by atoms with Crippen LogP contribution in [0.1, 0.15) is 47.6 Å². The lowest BCUT2D eigenvalue weighted by Crippen LogP contribution is -2.48. The first-order valence-electron chi connectivity index (χ1n) is 11.9. The molecule has 11 nitrogen and oxygen atoms in total. The van der Waals surface area contributed by atoms with Gasteiger partial charge in [-0.1, -0.05) is 6.07 Å².